The van der Waals surface area contributed by atoms with E-state index in [1.807, 2.05) is 24.5 Å². The molecule has 0 radical (unpaired) electrons. The van der Waals surface area contributed by atoms with Gasteiger partial charge in [0.25, 0.3) is 0 Å². The van der Waals surface area contributed by atoms with Crippen LogP contribution >= 0.6 is 0 Å². The molecule has 0 spiro atoms. The molecule has 0 aliphatic rings. The number of pyridine rings is 2. The Labute approximate surface area is 136 Å². The first-order valence-corrected chi connectivity index (χ1v) is 7.95. The van der Waals surface area contributed by atoms with Crippen molar-refractivity contribution in [2.75, 3.05) is 0 Å². The Morgan fingerprint density at radius 1 is 0.792 bits per heavy atom. The molecule has 0 aliphatic heterocycles. The van der Waals surface area contributed by atoms with E-state index in [0.29, 0.717) is 0 Å². The number of nitrogens with zero attached hydrogens (tertiary/aromatic N) is 3. The first kappa shape index (κ1) is 12.1. The molecule has 4 nitrogen and oxygen atoms in total. The van der Waals surface area contributed by atoms with E-state index in [1.165, 1.54) is 16.3 Å². The molecular formula is C20H12N4. The standard InChI is InChI=1S/C20H12N4/c1-4-12-8-9-13-18-16(7-3-10-21-18)24-19(13)17(12)14(5-1)23-15-6-2-11-22-20(15)24/h1-11,23H. The van der Waals surface area contributed by atoms with Gasteiger partial charge in [0.2, 0.25) is 0 Å². The van der Waals surface area contributed by atoms with E-state index < -0.39 is 0 Å². The number of nitrogens with one attached hydrogen (secondary N) is 1. The highest BCUT2D eigenvalue weighted by atomic mass is 15.0. The van der Waals surface area contributed by atoms with E-state index in [-0.39, 0.29) is 0 Å². The maximum absolute atomic E-state index is 4.67. The molecular weight excluding hydrogens is 296 g/mol. The lowest BCUT2D eigenvalue weighted by Gasteiger charge is -2.02. The van der Waals surface area contributed by atoms with Crippen LogP contribution in [0.3, 0.4) is 0 Å². The molecule has 2 aromatic carbocycles. The summed E-state index contributed by atoms with van der Waals surface area (Å²) in [5, 5.41) is 3.58. The third kappa shape index (κ3) is 1.34. The minimum atomic E-state index is 0.911. The van der Waals surface area contributed by atoms with Gasteiger partial charge in [0.15, 0.2) is 5.65 Å². The predicted molar refractivity (Wildman–Crippen MR) is 97.4 cm³/mol. The van der Waals surface area contributed by atoms with Crippen LogP contribution in [-0.4, -0.2) is 19.4 Å². The number of H-pyrrole nitrogens is 1. The zero-order valence-corrected chi connectivity index (χ0v) is 12.7. The van der Waals surface area contributed by atoms with Crippen LogP contribution in [0.5, 0.6) is 0 Å². The number of aromatic amines is 1. The zero-order valence-electron chi connectivity index (χ0n) is 12.7. The molecule has 0 unspecified atom stereocenters. The maximum atomic E-state index is 4.67. The van der Waals surface area contributed by atoms with Gasteiger partial charge in [-0.2, -0.15) is 0 Å². The van der Waals surface area contributed by atoms with Crippen molar-refractivity contribution < 1.29 is 0 Å². The molecule has 6 rings (SSSR count). The summed E-state index contributed by atoms with van der Waals surface area (Å²) in [7, 11) is 0. The summed E-state index contributed by atoms with van der Waals surface area (Å²) < 4.78 is 2.23. The lowest BCUT2D eigenvalue weighted by atomic mass is 10.1. The van der Waals surface area contributed by atoms with E-state index in [1.54, 1.807) is 0 Å². The Morgan fingerprint density at radius 2 is 1.67 bits per heavy atom. The quantitative estimate of drug-likeness (QED) is 0.443. The second-order valence-electron chi connectivity index (χ2n) is 6.07. The van der Waals surface area contributed by atoms with Crippen molar-refractivity contribution in [1.29, 1.82) is 0 Å². The number of aromatic nitrogens is 4. The SMILES string of the molecule is c1cc2ccc3c4ncccc4n4c5ncccc5[nH]c(c1)c2c34. The molecule has 0 amide bonds. The van der Waals surface area contributed by atoms with Crippen LogP contribution in [0.2, 0.25) is 0 Å². The third-order valence-corrected chi connectivity index (χ3v) is 4.79. The molecule has 6 aromatic rings. The molecule has 0 atom stereocenters. The van der Waals surface area contributed by atoms with E-state index in [4.69, 9.17) is 0 Å². The van der Waals surface area contributed by atoms with E-state index >= 15 is 0 Å². The summed E-state index contributed by atoms with van der Waals surface area (Å²) in [4.78, 5) is 12.9. The van der Waals surface area contributed by atoms with Crippen LogP contribution in [-0.2, 0) is 0 Å². The molecule has 0 fully saturated rings. The fourth-order valence-corrected chi connectivity index (χ4v) is 3.83. The number of fused-ring (bicyclic) bond motifs is 5. The normalized spacial score (nSPS) is 12.2. The van der Waals surface area contributed by atoms with E-state index in [0.717, 1.165) is 33.1 Å². The molecule has 0 bridgehead atoms. The molecule has 4 aromatic heterocycles. The van der Waals surface area contributed by atoms with E-state index in [9.17, 15) is 0 Å². The van der Waals surface area contributed by atoms with E-state index in [2.05, 4.69) is 61.8 Å². The van der Waals surface area contributed by atoms with Crippen LogP contribution in [0, 0.1) is 0 Å². The molecule has 0 saturated heterocycles. The van der Waals surface area contributed by atoms with Crippen molar-refractivity contribution in [2.45, 2.75) is 0 Å². The smallest absolute Gasteiger partial charge is 0.161 e. The summed E-state index contributed by atoms with van der Waals surface area (Å²) >= 11 is 0. The average molecular weight is 308 g/mol. The summed E-state index contributed by atoms with van der Waals surface area (Å²) in [6.45, 7) is 0. The Kier molecular flexibility index (Phi) is 2.07. The van der Waals surface area contributed by atoms with Crippen molar-refractivity contribution in [1.82, 2.24) is 19.4 Å². The topological polar surface area (TPSA) is 46.0 Å². The van der Waals surface area contributed by atoms with Gasteiger partial charge in [-0.25, -0.2) is 4.98 Å². The van der Waals surface area contributed by atoms with Crippen molar-refractivity contribution in [3.63, 3.8) is 0 Å². The highest BCUT2D eigenvalue weighted by Crippen LogP contribution is 2.36. The van der Waals surface area contributed by atoms with Gasteiger partial charge in [0.05, 0.1) is 22.1 Å². The Morgan fingerprint density at radius 3 is 2.67 bits per heavy atom. The van der Waals surface area contributed by atoms with Crippen molar-refractivity contribution in [3.8, 4) is 0 Å². The number of hydrogen-bond acceptors (Lipinski definition) is 2. The first-order valence-electron chi connectivity index (χ1n) is 7.95. The van der Waals surface area contributed by atoms with Crippen LogP contribution < -0.4 is 0 Å². The molecule has 4 heteroatoms. The Balaban J connectivity index is 2.18. The van der Waals surface area contributed by atoms with Gasteiger partial charge in [0, 0.05) is 28.7 Å². The minimum Gasteiger partial charge on any atom is -0.352 e. The fraction of sp³-hybridized carbons (Fsp3) is 0. The van der Waals surface area contributed by atoms with Gasteiger partial charge in [-0.15, -0.1) is 0 Å². The number of benzene rings is 2. The highest BCUT2D eigenvalue weighted by Gasteiger charge is 2.16. The molecule has 112 valence electrons. The first-order chi connectivity index (χ1) is 11.9. The number of rotatable bonds is 0. The molecule has 1 N–H and O–H groups in total. The Bertz CT molecular complexity index is 1390. The van der Waals surface area contributed by atoms with Gasteiger partial charge in [-0.3, -0.25) is 9.38 Å². The van der Waals surface area contributed by atoms with Crippen molar-refractivity contribution in [3.05, 3.63) is 67.0 Å². The lowest BCUT2D eigenvalue weighted by Crippen LogP contribution is -1.88. The summed E-state index contributed by atoms with van der Waals surface area (Å²) in [6.07, 6.45) is 3.69. The lowest BCUT2D eigenvalue weighted by molar-refractivity contribution is 1.24. The molecule has 4 heterocycles. The molecule has 0 aliphatic carbocycles. The highest BCUT2D eigenvalue weighted by molar-refractivity contribution is 6.21. The van der Waals surface area contributed by atoms with Crippen LogP contribution in [0.15, 0.2) is 67.0 Å². The predicted octanol–water partition coefficient (Wildman–Crippen LogP) is 4.67. The zero-order chi connectivity index (χ0) is 15.7. The van der Waals surface area contributed by atoms with Crippen LogP contribution in [0.25, 0.3) is 49.4 Å². The molecule has 0 saturated carbocycles. The monoisotopic (exact) mass is 308 g/mol. The summed E-state index contributed by atoms with van der Waals surface area (Å²) in [5.41, 5.74) is 6.29. The summed E-state index contributed by atoms with van der Waals surface area (Å²) in [6, 6.07) is 18.8. The van der Waals surface area contributed by atoms with Crippen LogP contribution in [0.1, 0.15) is 0 Å². The van der Waals surface area contributed by atoms with Crippen molar-refractivity contribution >= 4 is 49.4 Å². The maximum Gasteiger partial charge on any atom is 0.161 e. The Hall–Kier alpha value is -3.40. The molecule has 24 heavy (non-hydrogen) atoms. The minimum absolute atomic E-state index is 0.911. The van der Waals surface area contributed by atoms with Crippen LogP contribution in [0.4, 0.5) is 0 Å². The summed E-state index contributed by atoms with van der Waals surface area (Å²) in [5.74, 6) is 0. The average Bonchev–Trinajstić information content (AvgIpc) is 2.88. The third-order valence-electron chi connectivity index (χ3n) is 4.79. The largest absolute Gasteiger partial charge is 0.352 e. The van der Waals surface area contributed by atoms with Gasteiger partial charge in [-0.05, 0) is 41.8 Å². The number of hydrogen-bond donors (Lipinski definition) is 1. The van der Waals surface area contributed by atoms with Gasteiger partial charge < -0.3 is 4.98 Å². The second-order valence-corrected chi connectivity index (χ2v) is 6.07. The van der Waals surface area contributed by atoms with Gasteiger partial charge in [-0.1, -0.05) is 18.2 Å². The van der Waals surface area contributed by atoms with Gasteiger partial charge >= 0.3 is 0 Å². The van der Waals surface area contributed by atoms with Crippen molar-refractivity contribution in [2.24, 2.45) is 0 Å². The fourth-order valence-electron chi connectivity index (χ4n) is 3.83. The second kappa shape index (κ2) is 4.11. The van der Waals surface area contributed by atoms with Gasteiger partial charge in [0.1, 0.15) is 0 Å².